The van der Waals surface area contributed by atoms with Gasteiger partial charge in [-0.3, -0.25) is 0 Å². The molecule has 0 amide bonds. The first-order valence-electron chi connectivity index (χ1n) is 4.80. The van der Waals surface area contributed by atoms with Crippen LogP contribution in [0.5, 0.6) is 0 Å². The van der Waals surface area contributed by atoms with Crippen LogP contribution in [0.2, 0.25) is 5.02 Å². The highest BCUT2D eigenvalue weighted by Crippen LogP contribution is 2.34. The molecule has 0 aliphatic heterocycles. The summed E-state index contributed by atoms with van der Waals surface area (Å²) in [5.41, 5.74) is 6.19. The van der Waals surface area contributed by atoms with E-state index in [1.165, 1.54) is 0 Å². The summed E-state index contributed by atoms with van der Waals surface area (Å²) in [6.07, 6.45) is 2.09. The van der Waals surface area contributed by atoms with E-state index in [1.54, 1.807) is 0 Å². The minimum atomic E-state index is -0.576. The van der Waals surface area contributed by atoms with E-state index in [-0.39, 0.29) is 6.04 Å². The van der Waals surface area contributed by atoms with Crippen molar-refractivity contribution < 1.29 is 5.11 Å². The van der Waals surface area contributed by atoms with Gasteiger partial charge in [0.1, 0.15) is 0 Å². The van der Waals surface area contributed by atoms with Crippen LogP contribution in [0.3, 0.4) is 0 Å². The van der Waals surface area contributed by atoms with Crippen LogP contribution in [-0.4, -0.2) is 16.7 Å². The second kappa shape index (κ2) is 3.54. The molecule has 0 atom stereocenters. The van der Waals surface area contributed by atoms with Crippen LogP contribution in [0, 0.1) is 0 Å². The Morgan fingerprint density at radius 2 is 1.93 bits per heavy atom. The van der Waals surface area contributed by atoms with Crippen molar-refractivity contribution >= 4 is 11.6 Å². The Hall–Kier alpha value is -0.570. The topological polar surface area (TPSA) is 46.2 Å². The lowest BCUT2D eigenvalue weighted by Gasteiger charge is -2.41. The number of rotatable bonds is 2. The van der Waals surface area contributed by atoms with E-state index in [0.717, 1.165) is 10.6 Å². The molecule has 1 aromatic carbocycles. The summed E-state index contributed by atoms with van der Waals surface area (Å²) < 4.78 is 0. The van der Waals surface area contributed by atoms with Crippen LogP contribution in [0.15, 0.2) is 24.3 Å². The molecule has 0 spiro atoms. The summed E-state index contributed by atoms with van der Waals surface area (Å²) in [6.45, 7) is 0. The molecule has 0 aromatic heterocycles. The Balaban J connectivity index is 2.01. The molecule has 1 fully saturated rings. The third kappa shape index (κ3) is 2.08. The number of aliphatic hydroxyl groups is 1. The number of halogens is 1. The van der Waals surface area contributed by atoms with Crippen LogP contribution in [0.4, 0.5) is 0 Å². The molecule has 1 aliphatic rings. The maximum Gasteiger partial charge on any atom is 0.0717 e. The lowest BCUT2D eigenvalue weighted by Crippen LogP contribution is -2.52. The zero-order chi connectivity index (χ0) is 10.2. The van der Waals surface area contributed by atoms with Crippen molar-refractivity contribution in [2.24, 2.45) is 5.73 Å². The fraction of sp³-hybridized carbons (Fsp3) is 0.455. The minimum Gasteiger partial charge on any atom is -0.389 e. The lowest BCUT2D eigenvalue weighted by molar-refractivity contribution is -0.0455. The molecular formula is C11H14ClNO. The van der Waals surface area contributed by atoms with Gasteiger partial charge in [0.25, 0.3) is 0 Å². The first-order valence-corrected chi connectivity index (χ1v) is 5.18. The minimum absolute atomic E-state index is 0.173. The van der Waals surface area contributed by atoms with E-state index < -0.39 is 5.60 Å². The third-order valence-corrected chi connectivity index (χ3v) is 2.98. The van der Waals surface area contributed by atoms with Gasteiger partial charge < -0.3 is 10.8 Å². The van der Waals surface area contributed by atoms with E-state index in [9.17, 15) is 5.11 Å². The summed E-state index contributed by atoms with van der Waals surface area (Å²) >= 11 is 5.77. The van der Waals surface area contributed by atoms with Crippen molar-refractivity contribution in [1.82, 2.24) is 0 Å². The zero-order valence-electron chi connectivity index (χ0n) is 7.91. The van der Waals surface area contributed by atoms with Gasteiger partial charge in [-0.2, -0.15) is 0 Å². The van der Waals surface area contributed by atoms with Gasteiger partial charge in [-0.15, -0.1) is 0 Å². The molecule has 1 aromatic rings. The highest BCUT2D eigenvalue weighted by atomic mass is 35.5. The summed E-state index contributed by atoms with van der Waals surface area (Å²) in [5, 5.41) is 10.7. The maximum absolute atomic E-state index is 9.99. The molecule has 1 aliphatic carbocycles. The van der Waals surface area contributed by atoms with Gasteiger partial charge in [-0.05, 0) is 30.5 Å². The molecule has 1 saturated carbocycles. The number of nitrogens with two attached hydrogens (primary N) is 1. The van der Waals surface area contributed by atoms with Crippen molar-refractivity contribution in [3.63, 3.8) is 0 Å². The maximum atomic E-state index is 9.99. The van der Waals surface area contributed by atoms with Crippen LogP contribution in [-0.2, 0) is 6.42 Å². The predicted molar refractivity (Wildman–Crippen MR) is 57.3 cm³/mol. The van der Waals surface area contributed by atoms with Gasteiger partial charge in [0.2, 0.25) is 0 Å². The van der Waals surface area contributed by atoms with Crippen LogP contribution in [0.1, 0.15) is 18.4 Å². The second-order valence-electron chi connectivity index (χ2n) is 4.20. The molecule has 3 N–H and O–H groups in total. The normalized spacial score (nSPS) is 31.2. The average Bonchev–Trinajstić information content (AvgIpc) is 2.07. The molecule has 0 bridgehead atoms. The third-order valence-electron chi connectivity index (χ3n) is 2.73. The molecular weight excluding hydrogens is 198 g/mol. The monoisotopic (exact) mass is 211 g/mol. The summed E-state index contributed by atoms with van der Waals surface area (Å²) in [6, 6.07) is 7.76. The molecule has 0 heterocycles. The summed E-state index contributed by atoms with van der Waals surface area (Å²) in [4.78, 5) is 0. The van der Waals surface area contributed by atoms with E-state index in [1.807, 2.05) is 24.3 Å². The molecule has 0 radical (unpaired) electrons. The molecule has 2 rings (SSSR count). The van der Waals surface area contributed by atoms with Crippen LogP contribution >= 0.6 is 11.6 Å². The second-order valence-corrected chi connectivity index (χ2v) is 4.63. The SMILES string of the molecule is NC1CC(O)(Cc2ccc(Cl)cc2)C1. The summed E-state index contributed by atoms with van der Waals surface area (Å²) in [5.74, 6) is 0. The zero-order valence-corrected chi connectivity index (χ0v) is 8.67. The Labute approximate surface area is 88.7 Å². The van der Waals surface area contributed by atoms with Crippen molar-refractivity contribution in [3.05, 3.63) is 34.9 Å². The molecule has 2 nitrogen and oxygen atoms in total. The fourth-order valence-electron chi connectivity index (χ4n) is 2.04. The highest BCUT2D eigenvalue weighted by Gasteiger charge is 2.40. The van der Waals surface area contributed by atoms with E-state index >= 15 is 0 Å². The van der Waals surface area contributed by atoms with Gasteiger partial charge in [-0.25, -0.2) is 0 Å². The van der Waals surface area contributed by atoms with Crippen LogP contribution in [0.25, 0.3) is 0 Å². The average molecular weight is 212 g/mol. The molecule has 3 heteroatoms. The van der Waals surface area contributed by atoms with Crippen molar-refractivity contribution in [1.29, 1.82) is 0 Å². The quantitative estimate of drug-likeness (QED) is 0.783. The standard InChI is InChI=1S/C11H14ClNO/c12-9-3-1-8(2-4-9)5-11(14)6-10(13)7-11/h1-4,10,14H,5-7,13H2. The molecule has 76 valence electrons. The smallest absolute Gasteiger partial charge is 0.0717 e. The van der Waals surface area contributed by atoms with Gasteiger partial charge >= 0.3 is 0 Å². The van der Waals surface area contributed by atoms with E-state index in [2.05, 4.69) is 0 Å². The largest absolute Gasteiger partial charge is 0.389 e. The number of hydrogen-bond donors (Lipinski definition) is 2. The van der Waals surface area contributed by atoms with Crippen molar-refractivity contribution in [3.8, 4) is 0 Å². The lowest BCUT2D eigenvalue weighted by atomic mass is 9.73. The van der Waals surface area contributed by atoms with E-state index in [0.29, 0.717) is 19.3 Å². The van der Waals surface area contributed by atoms with Crippen molar-refractivity contribution in [2.45, 2.75) is 30.9 Å². The first kappa shape index (κ1) is 9.97. The van der Waals surface area contributed by atoms with Crippen molar-refractivity contribution in [2.75, 3.05) is 0 Å². The number of benzene rings is 1. The highest BCUT2D eigenvalue weighted by molar-refractivity contribution is 6.30. The van der Waals surface area contributed by atoms with E-state index in [4.69, 9.17) is 17.3 Å². The Bertz CT molecular complexity index is 317. The number of hydrogen-bond acceptors (Lipinski definition) is 2. The van der Waals surface area contributed by atoms with Crippen LogP contribution < -0.4 is 5.73 Å². The molecule has 14 heavy (non-hydrogen) atoms. The first-order chi connectivity index (χ1) is 6.57. The Morgan fingerprint density at radius 1 is 1.36 bits per heavy atom. The Morgan fingerprint density at radius 3 is 2.43 bits per heavy atom. The van der Waals surface area contributed by atoms with Gasteiger partial charge in [0.05, 0.1) is 5.60 Å². The van der Waals surface area contributed by atoms with Gasteiger partial charge in [0, 0.05) is 17.5 Å². The van der Waals surface area contributed by atoms with Gasteiger partial charge in [-0.1, -0.05) is 23.7 Å². The summed E-state index contributed by atoms with van der Waals surface area (Å²) in [7, 11) is 0. The fourth-order valence-corrected chi connectivity index (χ4v) is 2.17. The van der Waals surface area contributed by atoms with Gasteiger partial charge in [0.15, 0.2) is 0 Å². The predicted octanol–water partition coefficient (Wildman–Crippen LogP) is 1.73. The molecule has 0 unspecified atom stereocenters. The molecule has 0 saturated heterocycles. The Kier molecular flexibility index (Phi) is 2.52.